The molecule has 44 heavy (non-hydrogen) atoms. The number of nitrogens with two attached hydrogens (primary N) is 2. The number of nitrogens with zero attached hydrogens (tertiary/aromatic N) is 3. The Labute approximate surface area is 295 Å². The molecule has 16 heteroatoms. The Hall–Kier alpha value is -2.02. The number of phenols is 1. The van der Waals surface area contributed by atoms with Gasteiger partial charge < -0.3 is 42.1 Å². The summed E-state index contributed by atoms with van der Waals surface area (Å²) in [6, 6.07) is 0.414. The Morgan fingerprint density at radius 1 is 1.11 bits per heavy atom. The summed E-state index contributed by atoms with van der Waals surface area (Å²) < 4.78 is 38.3. The fourth-order valence-corrected chi connectivity index (χ4v) is 6.55. The van der Waals surface area contributed by atoms with Crippen molar-refractivity contribution in [2.24, 2.45) is 17.6 Å². The number of halogens is 3. The van der Waals surface area contributed by atoms with E-state index in [4.69, 9.17) is 5.73 Å². The van der Waals surface area contributed by atoms with Gasteiger partial charge in [-0.1, -0.05) is 0 Å². The van der Waals surface area contributed by atoms with Gasteiger partial charge in [-0.15, -0.1) is 0 Å². The number of phenolic OH excluding ortho intramolecular Hbond substituents is 1. The SMILES string of the molecule is CN(CCC(F)(F)F)Cc1cc(N(C)C)c2c(c1O)C(O)=C1C(=O)[C@]3(O)C(O)=C(C(N)=O)C(=O)[C@@H](N(C)C)[C@@H]3C[C@@H]1C2.[K+].[NH2-]. The van der Waals surface area contributed by atoms with Crippen LogP contribution in [0.2, 0.25) is 0 Å². The number of carbonyl (C=O) groups excluding carboxylic acids is 3. The maximum atomic E-state index is 14.0. The summed E-state index contributed by atoms with van der Waals surface area (Å²) in [7, 11) is 7.90. The number of aliphatic hydroxyl groups excluding tert-OH is 2. The van der Waals surface area contributed by atoms with Crippen LogP contribution in [0.3, 0.4) is 0 Å². The quantitative estimate of drug-likeness (QED) is 0.182. The van der Waals surface area contributed by atoms with Crippen LogP contribution in [-0.4, -0.2) is 107 Å². The Morgan fingerprint density at radius 3 is 2.20 bits per heavy atom. The average Bonchev–Trinajstić information content (AvgIpc) is 2.85. The van der Waals surface area contributed by atoms with Crippen LogP contribution in [0.5, 0.6) is 5.75 Å². The largest absolute Gasteiger partial charge is 1.00 e. The van der Waals surface area contributed by atoms with E-state index in [-0.39, 0.29) is 100 Å². The van der Waals surface area contributed by atoms with E-state index in [9.17, 15) is 48.0 Å². The van der Waals surface area contributed by atoms with E-state index < -0.39 is 76.4 Å². The van der Waals surface area contributed by atoms with Crippen molar-refractivity contribution in [1.82, 2.24) is 9.80 Å². The summed E-state index contributed by atoms with van der Waals surface area (Å²) in [5.74, 6) is -7.54. The maximum absolute atomic E-state index is 14.0. The van der Waals surface area contributed by atoms with E-state index >= 15 is 0 Å². The molecule has 0 unspecified atom stereocenters. The third kappa shape index (κ3) is 6.33. The Morgan fingerprint density at radius 2 is 1.70 bits per heavy atom. The number of Topliss-reactive ketones (excluding diaryl/α,β-unsaturated/α-hetero) is 2. The topological polar surface area (TPSA) is 201 Å². The first kappa shape index (κ1) is 38.2. The third-order valence-corrected chi connectivity index (χ3v) is 8.48. The Kier molecular flexibility index (Phi) is 11.6. The van der Waals surface area contributed by atoms with E-state index in [1.807, 2.05) is 0 Å². The molecule has 0 bridgehead atoms. The molecular formula is C28H37F3KN5O7. The van der Waals surface area contributed by atoms with E-state index in [1.165, 1.54) is 30.9 Å². The molecule has 3 aliphatic carbocycles. The van der Waals surface area contributed by atoms with Gasteiger partial charge in [-0.05, 0) is 51.5 Å². The maximum Gasteiger partial charge on any atom is 1.00 e. The van der Waals surface area contributed by atoms with Crippen LogP contribution >= 0.6 is 0 Å². The zero-order valence-corrected chi connectivity index (χ0v) is 28.6. The van der Waals surface area contributed by atoms with Crippen molar-refractivity contribution in [3.63, 3.8) is 0 Å². The second-order valence-corrected chi connectivity index (χ2v) is 11.7. The number of hydrogen-bond acceptors (Lipinski definition) is 10. The van der Waals surface area contributed by atoms with Crippen molar-refractivity contribution in [3.05, 3.63) is 45.8 Å². The van der Waals surface area contributed by atoms with Gasteiger partial charge in [0.1, 0.15) is 22.8 Å². The number of rotatable bonds is 7. The van der Waals surface area contributed by atoms with Crippen LogP contribution in [0.1, 0.15) is 29.5 Å². The number of anilines is 1. The van der Waals surface area contributed by atoms with Crippen LogP contribution in [-0.2, 0) is 27.3 Å². The fraction of sp³-hybridized carbons (Fsp3) is 0.536. The zero-order valence-electron chi connectivity index (χ0n) is 25.5. The molecule has 1 fully saturated rings. The van der Waals surface area contributed by atoms with Crippen LogP contribution in [0.15, 0.2) is 23.0 Å². The molecule has 238 valence electrons. The second kappa shape index (κ2) is 13.4. The number of aliphatic hydroxyl groups is 3. The second-order valence-electron chi connectivity index (χ2n) is 11.7. The summed E-state index contributed by atoms with van der Waals surface area (Å²) in [5.41, 5.74) is 2.46. The minimum atomic E-state index is -4.37. The molecule has 0 radical (unpaired) electrons. The van der Waals surface area contributed by atoms with E-state index in [0.29, 0.717) is 11.3 Å². The van der Waals surface area contributed by atoms with Gasteiger partial charge in [0.25, 0.3) is 5.91 Å². The number of aromatic hydroxyl groups is 1. The molecule has 1 saturated carbocycles. The van der Waals surface area contributed by atoms with Crippen LogP contribution in [0, 0.1) is 11.8 Å². The molecule has 0 heterocycles. The van der Waals surface area contributed by atoms with Gasteiger partial charge in [0.2, 0.25) is 5.78 Å². The molecule has 0 aromatic heterocycles. The molecule has 4 rings (SSSR count). The van der Waals surface area contributed by atoms with Crippen molar-refractivity contribution >= 4 is 28.9 Å². The van der Waals surface area contributed by atoms with Crippen molar-refractivity contribution in [2.75, 3.05) is 46.7 Å². The van der Waals surface area contributed by atoms with E-state index in [2.05, 4.69) is 0 Å². The Bertz CT molecular complexity index is 1430. The fourth-order valence-electron chi connectivity index (χ4n) is 6.55. The van der Waals surface area contributed by atoms with E-state index in [0.717, 1.165) is 0 Å². The first-order chi connectivity index (χ1) is 19.3. The molecule has 4 atom stereocenters. The van der Waals surface area contributed by atoms with Gasteiger partial charge in [0.15, 0.2) is 11.4 Å². The molecule has 3 aliphatic rings. The number of fused-ring (bicyclic) bond motifs is 3. The Balaban J connectivity index is 0.00000337. The summed E-state index contributed by atoms with van der Waals surface area (Å²) in [5, 5.41) is 45.5. The normalized spacial score (nSPS) is 24.8. The molecule has 12 nitrogen and oxygen atoms in total. The summed E-state index contributed by atoms with van der Waals surface area (Å²) in [4.78, 5) is 43.8. The third-order valence-electron chi connectivity index (χ3n) is 8.48. The number of amides is 1. The minimum Gasteiger partial charge on any atom is -0.693 e. The number of primary amides is 1. The monoisotopic (exact) mass is 651 g/mol. The minimum absolute atomic E-state index is 0. The van der Waals surface area contributed by atoms with E-state index in [1.54, 1.807) is 25.1 Å². The molecule has 1 amide bonds. The summed E-state index contributed by atoms with van der Waals surface area (Å²) >= 11 is 0. The van der Waals surface area contributed by atoms with Gasteiger partial charge in [-0.2, -0.15) is 13.2 Å². The zero-order chi connectivity index (χ0) is 31.6. The first-order valence-electron chi connectivity index (χ1n) is 13.3. The van der Waals surface area contributed by atoms with Gasteiger partial charge in [0.05, 0.1) is 18.0 Å². The first-order valence-corrected chi connectivity index (χ1v) is 13.3. The van der Waals surface area contributed by atoms with Crippen molar-refractivity contribution in [2.45, 2.75) is 43.6 Å². The summed E-state index contributed by atoms with van der Waals surface area (Å²) in [6.07, 6.45) is -5.40. The van der Waals surface area contributed by atoms with Gasteiger partial charge in [-0.25, -0.2) is 0 Å². The molecule has 0 aliphatic heterocycles. The standard InChI is InChI=1S/C28H35F3N4O7.K.H2N/c1-33(2)16-10-13(11-35(5)7-6-27(29,30)31)21(36)18-14(16)8-12-9-15-20(34(3)4)23(38)19(26(32)41)25(40)28(15,42)24(39)17(12)22(18)37;;/h10,12,15,20,36-37,40,42H,6-9,11H2,1-5H3,(H2,32,41);;1H2/q;+1;-1/t12-,15-,20-,28-;;/m0../s1. The van der Waals surface area contributed by atoms with Crippen LogP contribution in [0.4, 0.5) is 18.9 Å². The van der Waals surface area contributed by atoms with Crippen molar-refractivity contribution in [1.29, 1.82) is 0 Å². The predicted molar refractivity (Wildman–Crippen MR) is 151 cm³/mol. The average molecular weight is 652 g/mol. The number of likely N-dealkylation sites (N-methyl/N-ethyl adjacent to an activating group) is 1. The smallest absolute Gasteiger partial charge is 0.693 e. The number of benzene rings is 1. The van der Waals surface area contributed by atoms with Crippen LogP contribution < -0.4 is 62.0 Å². The van der Waals surface area contributed by atoms with Gasteiger partial charge >= 0.3 is 57.6 Å². The molecule has 1 aromatic rings. The summed E-state index contributed by atoms with van der Waals surface area (Å²) in [6.45, 7) is -0.459. The van der Waals surface area contributed by atoms with Crippen molar-refractivity contribution in [3.8, 4) is 5.75 Å². The number of hydrogen-bond donors (Lipinski definition) is 5. The van der Waals surface area contributed by atoms with Gasteiger partial charge in [0, 0.05) is 49.9 Å². The molecule has 0 spiro atoms. The van der Waals surface area contributed by atoms with Gasteiger partial charge in [-0.3, -0.25) is 19.3 Å². The van der Waals surface area contributed by atoms with Crippen LogP contribution in [0.25, 0.3) is 11.9 Å². The van der Waals surface area contributed by atoms with Crippen molar-refractivity contribution < 1.29 is 99.4 Å². The molecule has 0 saturated heterocycles. The number of ketones is 2. The predicted octanol–water partition coefficient (Wildman–Crippen LogP) is -0.865. The number of carbonyl (C=O) groups is 3. The number of alkyl halides is 3. The molecule has 8 N–H and O–H groups in total. The molecule has 1 aromatic carbocycles. The molecular weight excluding hydrogens is 614 g/mol.